The molecule has 4 nitrogen and oxygen atoms in total. The topological polar surface area (TPSA) is 47.0 Å². The standard InChI is InChI=1S/C16H20BrN3O/c1-3-8-18-15(13-6-4-5-7-14(13)17)9-12-10-16(21-2)20-11-19-12/h4-7,10-11,15,18H,3,8-9H2,1-2H3. The fourth-order valence-electron chi connectivity index (χ4n) is 2.18. The van der Waals surface area contributed by atoms with Gasteiger partial charge in [0.1, 0.15) is 6.33 Å². The zero-order chi connectivity index (χ0) is 15.1. The van der Waals surface area contributed by atoms with Crippen molar-refractivity contribution in [1.29, 1.82) is 0 Å². The molecule has 0 radical (unpaired) electrons. The molecule has 1 aromatic heterocycles. The van der Waals surface area contributed by atoms with Gasteiger partial charge in [0, 0.05) is 28.7 Å². The molecule has 0 aliphatic rings. The van der Waals surface area contributed by atoms with E-state index in [-0.39, 0.29) is 6.04 Å². The van der Waals surface area contributed by atoms with E-state index < -0.39 is 0 Å². The molecular weight excluding hydrogens is 330 g/mol. The monoisotopic (exact) mass is 349 g/mol. The normalized spacial score (nSPS) is 12.1. The van der Waals surface area contributed by atoms with Crippen molar-refractivity contribution in [1.82, 2.24) is 15.3 Å². The van der Waals surface area contributed by atoms with Crippen molar-refractivity contribution >= 4 is 15.9 Å². The Balaban J connectivity index is 2.21. The summed E-state index contributed by atoms with van der Waals surface area (Å²) in [7, 11) is 1.62. The van der Waals surface area contributed by atoms with E-state index >= 15 is 0 Å². The summed E-state index contributed by atoms with van der Waals surface area (Å²) in [6.45, 7) is 3.13. The smallest absolute Gasteiger partial charge is 0.216 e. The SMILES string of the molecule is CCCNC(Cc1cc(OC)ncn1)c1ccccc1Br. The molecule has 0 saturated heterocycles. The number of halogens is 1. The molecule has 21 heavy (non-hydrogen) atoms. The molecule has 1 aromatic carbocycles. The summed E-state index contributed by atoms with van der Waals surface area (Å²) in [4.78, 5) is 8.40. The number of methoxy groups -OCH3 is 1. The van der Waals surface area contributed by atoms with E-state index in [9.17, 15) is 0 Å². The maximum Gasteiger partial charge on any atom is 0.216 e. The van der Waals surface area contributed by atoms with Crippen molar-refractivity contribution in [3.05, 3.63) is 52.4 Å². The molecule has 1 atom stereocenters. The molecule has 112 valence electrons. The van der Waals surface area contributed by atoms with Gasteiger partial charge in [-0.1, -0.05) is 41.1 Å². The number of nitrogens with one attached hydrogen (secondary N) is 1. The van der Waals surface area contributed by atoms with Crippen LogP contribution in [0.25, 0.3) is 0 Å². The number of nitrogens with zero attached hydrogens (tertiary/aromatic N) is 2. The van der Waals surface area contributed by atoms with Gasteiger partial charge in [-0.3, -0.25) is 0 Å². The number of aromatic nitrogens is 2. The van der Waals surface area contributed by atoms with Crippen LogP contribution in [0.4, 0.5) is 0 Å². The van der Waals surface area contributed by atoms with Crippen molar-refractivity contribution in [3.8, 4) is 5.88 Å². The summed E-state index contributed by atoms with van der Waals surface area (Å²) in [5.74, 6) is 0.598. The minimum absolute atomic E-state index is 0.208. The predicted molar refractivity (Wildman–Crippen MR) is 87.5 cm³/mol. The Hall–Kier alpha value is -1.46. The molecule has 0 spiro atoms. The third-order valence-corrected chi connectivity index (χ3v) is 3.96. The molecule has 2 aromatic rings. The van der Waals surface area contributed by atoms with Crippen molar-refractivity contribution in [2.24, 2.45) is 0 Å². The molecule has 0 saturated carbocycles. The minimum atomic E-state index is 0.208. The number of benzene rings is 1. The van der Waals surface area contributed by atoms with E-state index in [1.54, 1.807) is 13.4 Å². The third-order valence-electron chi connectivity index (χ3n) is 3.24. The molecule has 5 heteroatoms. The summed E-state index contributed by atoms with van der Waals surface area (Å²) >= 11 is 3.63. The van der Waals surface area contributed by atoms with Crippen molar-refractivity contribution in [2.75, 3.05) is 13.7 Å². The van der Waals surface area contributed by atoms with Crippen LogP contribution in [0.1, 0.15) is 30.6 Å². The van der Waals surface area contributed by atoms with Crippen LogP contribution in [0, 0.1) is 0 Å². The Bertz CT molecular complexity index is 577. The third kappa shape index (κ3) is 4.51. The Kier molecular flexibility index (Phi) is 6.14. The molecule has 1 heterocycles. The van der Waals surface area contributed by atoms with Crippen LogP contribution in [0.3, 0.4) is 0 Å². The highest BCUT2D eigenvalue weighted by Crippen LogP contribution is 2.26. The molecule has 0 aliphatic carbocycles. The van der Waals surface area contributed by atoms with Crippen molar-refractivity contribution < 1.29 is 4.74 Å². The first kappa shape index (κ1) is 15.9. The van der Waals surface area contributed by atoms with Gasteiger partial charge >= 0.3 is 0 Å². The highest BCUT2D eigenvalue weighted by molar-refractivity contribution is 9.10. The molecule has 0 amide bonds. The van der Waals surface area contributed by atoms with Gasteiger partial charge in [-0.05, 0) is 24.6 Å². The Morgan fingerprint density at radius 1 is 1.29 bits per heavy atom. The van der Waals surface area contributed by atoms with Crippen LogP contribution >= 0.6 is 15.9 Å². The van der Waals surface area contributed by atoms with Gasteiger partial charge in [-0.25, -0.2) is 9.97 Å². The maximum absolute atomic E-state index is 5.17. The van der Waals surface area contributed by atoms with E-state index in [1.807, 2.05) is 12.1 Å². The Morgan fingerprint density at radius 2 is 2.10 bits per heavy atom. The van der Waals surface area contributed by atoms with Gasteiger partial charge in [-0.15, -0.1) is 0 Å². The molecule has 0 aliphatic heterocycles. The van der Waals surface area contributed by atoms with Crippen LogP contribution in [0.15, 0.2) is 41.1 Å². The summed E-state index contributed by atoms with van der Waals surface area (Å²) in [6, 6.07) is 10.4. The Morgan fingerprint density at radius 3 is 2.81 bits per heavy atom. The predicted octanol–water partition coefficient (Wildman–Crippen LogP) is 3.53. The molecule has 1 N–H and O–H groups in total. The van der Waals surface area contributed by atoms with Crippen LogP contribution in [0.5, 0.6) is 5.88 Å². The van der Waals surface area contributed by atoms with Crippen LogP contribution in [-0.4, -0.2) is 23.6 Å². The molecule has 1 unspecified atom stereocenters. The maximum atomic E-state index is 5.17. The molecule has 2 rings (SSSR count). The molecule has 0 bridgehead atoms. The number of ether oxygens (including phenoxy) is 1. The van der Waals surface area contributed by atoms with E-state index in [0.717, 1.165) is 29.6 Å². The first-order valence-electron chi connectivity index (χ1n) is 7.07. The number of hydrogen-bond acceptors (Lipinski definition) is 4. The fourth-order valence-corrected chi connectivity index (χ4v) is 2.74. The summed E-state index contributed by atoms with van der Waals surface area (Å²) in [5, 5.41) is 3.58. The summed E-state index contributed by atoms with van der Waals surface area (Å²) < 4.78 is 6.28. The lowest BCUT2D eigenvalue weighted by atomic mass is 10.0. The van der Waals surface area contributed by atoms with Gasteiger partial charge in [0.25, 0.3) is 0 Å². The quantitative estimate of drug-likeness (QED) is 0.830. The van der Waals surface area contributed by atoms with Crippen molar-refractivity contribution in [2.45, 2.75) is 25.8 Å². The van der Waals surface area contributed by atoms with Crippen molar-refractivity contribution in [3.63, 3.8) is 0 Å². The Labute approximate surface area is 134 Å². The largest absolute Gasteiger partial charge is 0.481 e. The number of rotatable bonds is 7. The minimum Gasteiger partial charge on any atom is -0.481 e. The van der Waals surface area contributed by atoms with Crippen LogP contribution < -0.4 is 10.1 Å². The second-order valence-corrected chi connectivity index (χ2v) is 5.64. The lowest BCUT2D eigenvalue weighted by molar-refractivity contribution is 0.395. The van der Waals surface area contributed by atoms with E-state index in [4.69, 9.17) is 4.74 Å². The second-order valence-electron chi connectivity index (χ2n) is 4.78. The lowest BCUT2D eigenvalue weighted by Gasteiger charge is -2.20. The average molecular weight is 350 g/mol. The summed E-state index contributed by atoms with van der Waals surface area (Å²) in [5.41, 5.74) is 2.20. The molecule has 0 fully saturated rings. The zero-order valence-corrected chi connectivity index (χ0v) is 13.9. The number of hydrogen-bond donors (Lipinski definition) is 1. The van der Waals surface area contributed by atoms with Gasteiger partial charge in [-0.2, -0.15) is 0 Å². The van der Waals surface area contributed by atoms with Gasteiger partial charge in [0.05, 0.1) is 7.11 Å². The van der Waals surface area contributed by atoms with E-state index in [1.165, 1.54) is 5.56 Å². The van der Waals surface area contributed by atoms with Gasteiger partial charge < -0.3 is 10.1 Å². The van der Waals surface area contributed by atoms with E-state index in [2.05, 4.69) is 56.3 Å². The first-order valence-corrected chi connectivity index (χ1v) is 7.86. The average Bonchev–Trinajstić information content (AvgIpc) is 2.52. The van der Waals surface area contributed by atoms with Gasteiger partial charge in [0.15, 0.2) is 0 Å². The summed E-state index contributed by atoms with van der Waals surface area (Å²) in [6.07, 6.45) is 3.43. The highest BCUT2D eigenvalue weighted by Gasteiger charge is 2.15. The fraction of sp³-hybridized carbons (Fsp3) is 0.375. The molecular formula is C16H20BrN3O. The van der Waals surface area contributed by atoms with Crippen LogP contribution in [0.2, 0.25) is 0 Å². The first-order chi connectivity index (χ1) is 10.2. The second kappa shape index (κ2) is 8.10. The highest BCUT2D eigenvalue weighted by atomic mass is 79.9. The zero-order valence-electron chi connectivity index (χ0n) is 12.3. The van der Waals surface area contributed by atoms with Crippen LogP contribution in [-0.2, 0) is 6.42 Å². The lowest BCUT2D eigenvalue weighted by Crippen LogP contribution is -2.24. The van der Waals surface area contributed by atoms with Gasteiger partial charge in [0.2, 0.25) is 5.88 Å². The van der Waals surface area contributed by atoms with E-state index in [0.29, 0.717) is 5.88 Å².